The topological polar surface area (TPSA) is 71.8 Å². The summed E-state index contributed by atoms with van der Waals surface area (Å²) in [4.78, 5) is 17.0. The number of carbonyl (C=O) groups is 1. The van der Waals surface area contributed by atoms with Gasteiger partial charge < -0.3 is 10.6 Å². The first kappa shape index (κ1) is 13.8. The second kappa shape index (κ2) is 5.65. The maximum Gasteiger partial charge on any atom is 0.244 e. The summed E-state index contributed by atoms with van der Waals surface area (Å²) in [6, 6.07) is 5.48. The molecule has 0 bridgehead atoms. The summed E-state index contributed by atoms with van der Waals surface area (Å²) in [6.45, 7) is 2.93. The van der Waals surface area contributed by atoms with Gasteiger partial charge in [0.2, 0.25) is 5.91 Å². The monoisotopic (exact) mass is 285 g/mol. The highest BCUT2D eigenvalue weighted by Crippen LogP contribution is 2.26. The lowest BCUT2D eigenvalue weighted by atomic mass is 9.93. The van der Waals surface area contributed by atoms with Gasteiger partial charge in [-0.05, 0) is 44.0 Å². The first-order valence-corrected chi connectivity index (χ1v) is 7.27. The SMILES string of the molecule is CCC1(C(=O)Nc2cccnc2-n2cccn2)CCCN1. The summed E-state index contributed by atoms with van der Waals surface area (Å²) in [5.74, 6) is 0.629. The Morgan fingerprint density at radius 3 is 3.05 bits per heavy atom. The summed E-state index contributed by atoms with van der Waals surface area (Å²) in [5, 5.41) is 10.5. The number of hydrogen-bond acceptors (Lipinski definition) is 4. The maximum absolute atomic E-state index is 12.7. The van der Waals surface area contributed by atoms with Crippen LogP contribution in [0.3, 0.4) is 0 Å². The molecule has 0 saturated carbocycles. The summed E-state index contributed by atoms with van der Waals surface area (Å²) < 4.78 is 1.65. The molecule has 0 spiro atoms. The molecule has 1 amide bonds. The Labute approximate surface area is 123 Å². The van der Waals surface area contributed by atoms with Crippen LogP contribution in [-0.4, -0.2) is 32.8 Å². The highest BCUT2D eigenvalue weighted by atomic mass is 16.2. The molecule has 1 unspecified atom stereocenters. The molecular formula is C15H19N5O. The minimum absolute atomic E-state index is 0.00362. The number of carbonyl (C=O) groups excluding carboxylic acids is 1. The van der Waals surface area contributed by atoms with Crippen LogP contribution in [0.2, 0.25) is 0 Å². The lowest BCUT2D eigenvalue weighted by Gasteiger charge is -2.27. The Morgan fingerprint density at radius 1 is 1.48 bits per heavy atom. The van der Waals surface area contributed by atoms with Gasteiger partial charge in [-0.15, -0.1) is 0 Å². The van der Waals surface area contributed by atoms with Crippen LogP contribution in [-0.2, 0) is 4.79 Å². The number of amides is 1. The fourth-order valence-corrected chi connectivity index (χ4v) is 2.78. The van der Waals surface area contributed by atoms with E-state index in [2.05, 4.69) is 20.7 Å². The predicted molar refractivity (Wildman–Crippen MR) is 80.2 cm³/mol. The summed E-state index contributed by atoms with van der Waals surface area (Å²) in [5.41, 5.74) is 0.213. The molecule has 1 saturated heterocycles. The minimum Gasteiger partial charge on any atom is -0.321 e. The Kier molecular flexibility index (Phi) is 3.70. The van der Waals surface area contributed by atoms with Crippen molar-refractivity contribution in [1.82, 2.24) is 20.1 Å². The predicted octanol–water partition coefficient (Wildman–Crippen LogP) is 1.74. The number of nitrogens with one attached hydrogen (secondary N) is 2. The van der Waals surface area contributed by atoms with Crippen LogP contribution >= 0.6 is 0 Å². The van der Waals surface area contributed by atoms with E-state index >= 15 is 0 Å². The van der Waals surface area contributed by atoms with Gasteiger partial charge in [0.25, 0.3) is 0 Å². The average Bonchev–Trinajstić information content (AvgIpc) is 3.20. The van der Waals surface area contributed by atoms with E-state index < -0.39 is 5.54 Å². The van der Waals surface area contributed by atoms with Gasteiger partial charge in [-0.3, -0.25) is 4.79 Å². The number of aromatic nitrogens is 3. The van der Waals surface area contributed by atoms with Gasteiger partial charge in [0.05, 0.1) is 11.2 Å². The van der Waals surface area contributed by atoms with Crippen molar-refractivity contribution < 1.29 is 4.79 Å². The van der Waals surface area contributed by atoms with Gasteiger partial charge in [0.1, 0.15) is 0 Å². The molecular weight excluding hydrogens is 266 g/mol. The van der Waals surface area contributed by atoms with Crippen LogP contribution in [0.1, 0.15) is 26.2 Å². The van der Waals surface area contributed by atoms with E-state index in [9.17, 15) is 4.79 Å². The molecule has 21 heavy (non-hydrogen) atoms. The standard InChI is InChI=1S/C15H19N5O/c1-2-15(7-4-9-17-15)14(21)19-12-6-3-8-16-13(12)20-11-5-10-18-20/h3,5-6,8,10-11,17H,2,4,7,9H2,1H3,(H,19,21). The van der Waals surface area contributed by atoms with E-state index in [-0.39, 0.29) is 5.91 Å². The number of anilines is 1. The lowest BCUT2D eigenvalue weighted by molar-refractivity contribution is -0.122. The number of pyridine rings is 1. The van der Waals surface area contributed by atoms with E-state index in [1.165, 1.54) is 0 Å². The van der Waals surface area contributed by atoms with Crippen LogP contribution in [0.5, 0.6) is 0 Å². The average molecular weight is 285 g/mol. The number of hydrogen-bond donors (Lipinski definition) is 2. The molecule has 110 valence electrons. The normalized spacial score (nSPS) is 21.4. The zero-order valence-electron chi connectivity index (χ0n) is 12.0. The number of nitrogens with zero attached hydrogens (tertiary/aromatic N) is 3. The fourth-order valence-electron chi connectivity index (χ4n) is 2.78. The van der Waals surface area contributed by atoms with Crippen molar-refractivity contribution in [2.24, 2.45) is 0 Å². The van der Waals surface area contributed by atoms with Gasteiger partial charge in [0.15, 0.2) is 5.82 Å². The van der Waals surface area contributed by atoms with E-state index in [1.807, 2.05) is 25.1 Å². The van der Waals surface area contributed by atoms with E-state index in [4.69, 9.17) is 0 Å². The van der Waals surface area contributed by atoms with Crippen molar-refractivity contribution in [2.75, 3.05) is 11.9 Å². The van der Waals surface area contributed by atoms with Gasteiger partial charge in [-0.2, -0.15) is 5.10 Å². The molecule has 2 aromatic heterocycles. The van der Waals surface area contributed by atoms with Crippen molar-refractivity contribution in [3.8, 4) is 5.82 Å². The van der Waals surface area contributed by atoms with Crippen LogP contribution in [0, 0.1) is 0 Å². The Balaban J connectivity index is 1.87. The summed E-state index contributed by atoms with van der Waals surface area (Å²) in [6.07, 6.45) is 7.85. The summed E-state index contributed by atoms with van der Waals surface area (Å²) in [7, 11) is 0. The maximum atomic E-state index is 12.7. The first-order valence-electron chi connectivity index (χ1n) is 7.27. The Hall–Kier alpha value is -2.21. The third kappa shape index (κ3) is 2.54. The van der Waals surface area contributed by atoms with E-state index in [0.717, 1.165) is 25.8 Å². The molecule has 2 aromatic rings. The second-order valence-corrected chi connectivity index (χ2v) is 5.25. The Morgan fingerprint density at radius 2 is 2.38 bits per heavy atom. The van der Waals surface area contributed by atoms with Crippen molar-refractivity contribution in [1.29, 1.82) is 0 Å². The largest absolute Gasteiger partial charge is 0.321 e. The molecule has 1 atom stereocenters. The highest BCUT2D eigenvalue weighted by Gasteiger charge is 2.39. The number of rotatable bonds is 4. The van der Waals surface area contributed by atoms with Crippen LogP contribution in [0.15, 0.2) is 36.8 Å². The molecule has 6 heteroatoms. The molecule has 0 radical (unpaired) electrons. The molecule has 0 aromatic carbocycles. The van der Waals surface area contributed by atoms with Crippen LogP contribution < -0.4 is 10.6 Å². The van der Waals surface area contributed by atoms with Crippen molar-refractivity contribution >= 4 is 11.6 Å². The van der Waals surface area contributed by atoms with E-state index in [1.54, 1.807) is 23.3 Å². The molecule has 3 heterocycles. The highest BCUT2D eigenvalue weighted by molar-refractivity contribution is 5.99. The molecule has 1 aliphatic rings. The smallest absolute Gasteiger partial charge is 0.244 e. The van der Waals surface area contributed by atoms with Gasteiger partial charge in [-0.25, -0.2) is 9.67 Å². The second-order valence-electron chi connectivity index (χ2n) is 5.25. The van der Waals surface area contributed by atoms with Gasteiger partial charge in [0, 0.05) is 18.6 Å². The summed E-state index contributed by atoms with van der Waals surface area (Å²) >= 11 is 0. The zero-order valence-corrected chi connectivity index (χ0v) is 12.0. The molecule has 1 aliphatic heterocycles. The quantitative estimate of drug-likeness (QED) is 0.897. The first-order chi connectivity index (χ1) is 10.2. The molecule has 6 nitrogen and oxygen atoms in total. The zero-order chi connectivity index (χ0) is 14.7. The van der Waals surface area contributed by atoms with Crippen LogP contribution in [0.4, 0.5) is 5.69 Å². The van der Waals surface area contributed by atoms with Crippen molar-refractivity contribution in [3.63, 3.8) is 0 Å². The molecule has 2 N–H and O–H groups in total. The molecule has 1 fully saturated rings. The Bertz CT molecular complexity index is 617. The third-order valence-electron chi connectivity index (χ3n) is 4.04. The fraction of sp³-hybridized carbons (Fsp3) is 0.400. The van der Waals surface area contributed by atoms with Gasteiger partial charge in [-0.1, -0.05) is 6.92 Å². The van der Waals surface area contributed by atoms with Crippen molar-refractivity contribution in [3.05, 3.63) is 36.8 Å². The van der Waals surface area contributed by atoms with E-state index in [0.29, 0.717) is 11.5 Å². The van der Waals surface area contributed by atoms with Gasteiger partial charge >= 0.3 is 0 Å². The van der Waals surface area contributed by atoms with Crippen LogP contribution in [0.25, 0.3) is 5.82 Å². The minimum atomic E-state index is -0.461. The molecule has 3 rings (SSSR count). The third-order valence-corrected chi connectivity index (χ3v) is 4.04. The van der Waals surface area contributed by atoms with Crippen molar-refractivity contribution in [2.45, 2.75) is 31.7 Å². The lowest BCUT2D eigenvalue weighted by Crippen LogP contribution is -2.50. The molecule has 0 aliphatic carbocycles.